The normalized spacial score (nSPS) is 29.8. The van der Waals surface area contributed by atoms with Crippen LogP contribution in [0.25, 0.3) is 5.57 Å². The number of aryl methyl sites for hydroxylation is 1. The van der Waals surface area contributed by atoms with Gasteiger partial charge in [0.2, 0.25) is 0 Å². The number of nitrogens with one attached hydrogen (secondary N) is 1. The van der Waals surface area contributed by atoms with E-state index >= 15 is 0 Å². The van der Waals surface area contributed by atoms with Crippen LogP contribution in [0.15, 0.2) is 42.7 Å². The number of nitrogens with zero attached hydrogens (tertiary/aromatic N) is 1. The van der Waals surface area contributed by atoms with Crippen molar-refractivity contribution in [1.82, 2.24) is 10.3 Å². The van der Waals surface area contributed by atoms with Gasteiger partial charge < -0.3 is 10.4 Å². The zero-order chi connectivity index (χ0) is 23.3. The lowest BCUT2D eigenvalue weighted by Crippen LogP contribution is -2.41. The first kappa shape index (κ1) is 22.3. The Morgan fingerprint density at radius 3 is 2.82 bits per heavy atom. The van der Waals surface area contributed by atoms with Crippen LogP contribution >= 0.6 is 0 Å². The van der Waals surface area contributed by atoms with Crippen molar-refractivity contribution in [1.29, 1.82) is 0 Å². The maximum absolute atomic E-state index is 13.9. The van der Waals surface area contributed by atoms with Crippen molar-refractivity contribution in [3.63, 3.8) is 0 Å². The number of amides is 1. The third-order valence-corrected chi connectivity index (χ3v) is 8.67. The van der Waals surface area contributed by atoms with E-state index in [1.165, 1.54) is 22.9 Å². The molecule has 0 aliphatic heterocycles. The van der Waals surface area contributed by atoms with Crippen LogP contribution in [0.2, 0.25) is 0 Å². The topological polar surface area (TPSA) is 62.2 Å². The molecule has 3 aliphatic rings. The molecule has 0 saturated heterocycles. The minimum Gasteiger partial charge on any atom is -0.391 e. The number of carbonyl (C=O) groups excluding carboxylic acids is 1. The number of rotatable bonds is 4. The fourth-order valence-corrected chi connectivity index (χ4v) is 6.71. The summed E-state index contributed by atoms with van der Waals surface area (Å²) in [7, 11) is 0. The molecule has 1 fully saturated rings. The maximum atomic E-state index is 13.9. The third kappa shape index (κ3) is 3.80. The summed E-state index contributed by atoms with van der Waals surface area (Å²) in [5, 5.41) is 12.6. The first-order valence-electron chi connectivity index (χ1n) is 12.2. The third-order valence-electron chi connectivity index (χ3n) is 8.67. The standard InChI is InChI=1S/C28H33FN2O2/c1-16(17(2)32)31-27(33)19-5-6-22-18(12-19)4-7-24-23(22)10-11-28(3)25(8-9-26(24)28)20-13-21(29)15-30-14-20/h5-6,8,12-17,23-24,26,32H,4,7,9-11H2,1-3H3,(H,31,33)/t16-,17-,23+,24+,26-,28+/m0/s1. The Morgan fingerprint density at radius 1 is 1.24 bits per heavy atom. The smallest absolute Gasteiger partial charge is 0.251 e. The Balaban J connectivity index is 1.37. The van der Waals surface area contributed by atoms with Crippen LogP contribution in [-0.2, 0) is 6.42 Å². The average molecular weight is 449 g/mol. The van der Waals surface area contributed by atoms with Crippen LogP contribution in [0.4, 0.5) is 4.39 Å². The molecule has 0 radical (unpaired) electrons. The molecule has 5 heteroatoms. The van der Waals surface area contributed by atoms with Crippen LogP contribution in [0.1, 0.15) is 79.4 Å². The molecule has 1 heterocycles. The van der Waals surface area contributed by atoms with Gasteiger partial charge in [0.15, 0.2) is 0 Å². The average Bonchev–Trinajstić information content (AvgIpc) is 3.15. The number of carbonyl (C=O) groups is 1. The number of hydrogen-bond donors (Lipinski definition) is 2. The first-order chi connectivity index (χ1) is 15.8. The fraction of sp³-hybridized carbons (Fsp3) is 0.500. The van der Waals surface area contributed by atoms with Crippen molar-refractivity contribution in [2.45, 2.75) is 70.9 Å². The highest BCUT2D eigenvalue weighted by molar-refractivity contribution is 5.94. The number of aromatic nitrogens is 1. The number of benzene rings is 1. The van der Waals surface area contributed by atoms with E-state index in [9.17, 15) is 14.3 Å². The Hall–Kier alpha value is -2.53. The molecule has 1 aromatic heterocycles. The minimum absolute atomic E-state index is 0.0606. The van der Waals surface area contributed by atoms with Crippen molar-refractivity contribution >= 4 is 11.5 Å². The van der Waals surface area contributed by atoms with Gasteiger partial charge in [0.1, 0.15) is 5.82 Å². The van der Waals surface area contributed by atoms with Gasteiger partial charge in [-0.2, -0.15) is 0 Å². The van der Waals surface area contributed by atoms with Gasteiger partial charge in [0, 0.05) is 11.8 Å². The second kappa shape index (κ2) is 8.35. The Morgan fingerprint density at radius 2 is 2.06 bits per heavy atom. The van der Waals surface area contributed by atoms with E-state index in [0.29, 0.717) is 23.3 Å². The van der Waals surface area contributed by atoms with E-state index < -0.39 is 6.10 Å². The lowest BCUT2D eigenvalue weighted by atomic mass is 9.54. The predicted molar refractivity (Wildman–Crippen MR) is 127 cm³/mol. The Labute approximate surface area is 195 Å². The largest absolute Gasteiger partial charge is 0.391 e. The second-order valence-electron chi connectivity index (χ2n) is 10.5. The van der Waals surface area contributed by atoms with Crippen LogP contribution in [-0.4, -0.2) is 28.1 Å². The van der Waals surface area contributed by atoms with Crippen molar-refractivity contribution in [2.75, 3.05) is 0 Å². The molecule has 0 bridgehead atoms. The maximum Gasteiger partial charge on any atom is 0.251 e. The van der Waals surface area contributed by atoms with Crippen LogP contribution in [0.3, 0.4) is 0 Å². The monoisotopic (exact) mass is 448 g/mol. The van der Waals surface area contributed by atoms with E-state index in [1.54, 1.807) is 19.2 Å². The molecule has 33 heavy (non-hydrogen) atoms. The summed E-state index contributed by atoms with van der Waals surface area (Å²) >= 11 is 0. The zero-order valence-electron chi connectivity index (χ0n) is 19.6. The van der Waals surface area contributed by atoms with Gasteiger partial charge in [-0.15, -0.1) is 0 Å². The fourth-order valence-electron chi connectivity index (χ4n) is 6.71. The van der Waals surface area contributed by atoms with E-state index in [2.05, 4.69) is 35.4 Å². The summed E-state index contributed by atoms with van der Waals surface area (Å²) in [5.41, 5.74) is 5.61. The van der Waals surface area contributed by atoms with Crippen LogP contribution < -0.4 is 5.32 Å². The van der Waals surface area contributed by atoms with Gasteiger partial charge >= 0.3 is 0 Å². The van der Waals surface area contributed by atoms with Gasteiger partial charge in [-0.05, 0) is 110 Å². The number of aliphatic hydroxyl groups excluding tert-OH is 1. The van der Waals surface area contributed by atoms with Gasteiger partial charge in [-0.1, -0.05) is 19.1 Å². The van der Waals surface area contributed by atoms with E-state index in [1.807, 2.05) is 13.0 Å². The van der Waals surface area contributed by atoms with E-state index in [-0.39, 0.29) is 23.2 Å². The SMILES string of the molecule is C[C@H](O)[C@H](C)NC(=O)c1ccc2c(c1)CC[C@@H]1[C@@H]2CC[C@]2(C)C(c3cncc(F)c3)=CC[C@@H]12. The van der Waals surface area contributed by atoms with E-state index in [4.69, 9.17) is 0 Å². The molecule has 1 amide bonds. The lowest BCUT2D eigenvalue weighted by Gasteiger charge is -2.50. The van der Waals surface area contributed by atoms with Crippen molar-refractivity contribution in [3.05, 3.63) is 70.8 Å². The molecule has 1 aromatic carbocycles. The molecule has 1 saturated carbocycles. The molecule has 2 aromatic rings. The number of pyridine rings is 1. The Kier molecular flexibility index (Phi) is 5.64. The second-order valence-corrected chi connectivity index (χ2v) is 10.5. The number of hydrogen-bond acceptors (Lipinski definition) is 3. The van der Waals surface area contributed by atoms with Gasteiger partial charge in [-0.3, -0.25) is 9.78 Å². The van der Waals surface area contributed by atoms with Crippen molar-refractivity contribution in [3.8, 4) is 0 Å². The molecule has 4 nitrogen and oxygen atoms in total. The molecule has 174 valence electrons. The molecule has 3 aliphatic carbocycles. The first-order valence-corrected chi connectivity index (χ1v) is 12.2. The summed E-state index contributed by atoms with van der Waals surface area (Å²) in [4.78, 5) is 16.7. The molecule has 2 N–H and O–H groups in total. The number of aliphatic hydroxyl groups is 1. The van der Waals surface area contributed by atoms with Gasteiger partial charge in [-0.25, -0.2) is 4.39 Å². The highest BCUT2D eigenvalue weighted by atomic mass is 19.1. The van der Waals surface area contributed by atoms with Crippen molar-refractivity contribution in [2.24, 2.45) is 17.3 Å². The molecule has 5 rings (SSSR count). The van der Waals surface area contributed by atoms with Gasteiger partial charge in [0.25, 0.3) is 5.91 Å². The number of fused-ring (bicyclic) bond motifs is 5. The highest BCUT2D eigenvalue weighted by Crippen LogP contribution is 2.63. The molecule has 0 spiro atoms. The summed E-state index contributed by atoms with van der Waals surface area (Å²) in [6.07, 6.45) is 10.1. The summed E-state index contributed by atoms with van der Waals surface area (Å²) in [6, 6.07) is 7.50. The summed E-state index contributed by atoms with van der Waals surface area (Å²) in [5.74, 6) is 1.26. The Bertz CT molecular complexity index is 1110. The summed E-state index contributed by atoms with van der Waals surface area (Å²) < 4.78 is 13.9. The minimum atomic E-state index is -0.586. The highest BCUT2D eigenvalue weighted by Gasteiger charge is 2.52. The summed E-state index contributed by atoms with van der Waals surface area (Å²) in [6.45, 7) is 5.86. The number of halogens is 1. The van der Waals surface area contributed by atoms with Crippen LogP contribution in [0, 0.1) is 23.1 Å². The van der Waals surface area contributed by atoms with E-state index in [0.717, 1.165) is 37.7 Å². The molecule has 0 unspecified atom stereocenters. The van der Waals surface area contributed by atoms with Crippen molar-refractivity contribution < 1.29 is 14.3 Å². The zero-order valence-corrected chi connectivity index (χ0v) is 19.6. The molecular weight excluding hydrogens is 415 g/mol. The quantitative estimate of drug-likeness (QED) is 0.670. The molecular formula is C28H33FN2O2. The number of allylic oxidation sites excluding steroid dienone is 2. The van der Waals surface area contributed by atoms with Crippen LogP contribution in [0.5, 0.6) is 0 Å². The molecule has 6 atom stereocenters. The van der Waals surface area contributed by atoms with Gasteiger partial charge in [0.05, 0.1) is 18.3 Å². The lowest BCUT2D eigenvalue weighted by molar-refractivity contribution is 0.0867. The predicted octanol–water partition coefficient (Wildman–Crippen LogP) is 5.27.